The number of carbonyl (C=O) groups excluding carboxylic acids is 1. The second-order valence-corrected chi connectivity index (χ2v) is 3.48. The van der Waals surface area contributed by atoms with E-state index in [0.29, 0.717) is 0 Å². The van der Waals surface area contributed by atoms with Gasteiger partial charge in [0.1, 0.15) is 5.69 Å². The summed E-state index contributed by atoms with van der Waals surface area (Å²) in [6.45, 7) is 0. The molecule has 1 saturated carbocycles. The average Bonchev–Trinajstić information content (AvgIpc) is 2.79. The number of aromatic nitrogens is 2. The molecule has 2 atom stereocenters. The Morgan fingerprint density at radius 1 is 1.47 bits per heavy atom. The Hall–Kier alpha value is -1.89. The standard InChI is InChI=1S/C8H10N4O3/c9-3-1-4(3)10-7(14)5-2-6(13)12-8(15)11-5/h2-4H,1,9H2,(H,10,14)(H2,11,12,13,15). The van der Waals surface area contributed by atoms with Gasteiger partial charge in [-0.25, -0.2) is 4.79 Å². The Bertz CT molecular complexity index is 475. The number of carbonyl (C=O) groups is 1. The molecule has 15 heavy (non-hydrogen) atoms. The summed E-state index contributed by atoms with van der Waals surface area (Å²) < 4.78 is 0. The number of aromatic amines is 2. The lowest BCUT2D eigenvalue weighted by atomic mass is 10.4. The maximum atomic E-state index is 11.5. The van der Waals surface area contributed by atoms with Crippen molar-refractivity contribution in [3.05, 3.63) is 32.6 Å². The highest BCUT2D eigenvalue weighted by atomic mass is 16.2. The maximum absolute atomic E-state index is 11.5. The summed E-state index contributed by atoms with van der Waals surface area (Å²) in [7, 11) is 0. The highest BCUT2D eigenvalue weighted by molar-refractivity contribution is 5.92. The minimum Gasteiger partial charge on any atom is -0.346 e. The van der Waals surface area contributed by atoms with Crippen molar-refractivity contribution in [1.29, 1.82) is 0 Å². The van der Waals surface area contributed by atoms with Gasteiger partial charge in [-0.2, -0.15) is 0 Å². The fraction of sp³-hybridized carbons (Fsp3) is 0.375. The third-order valence-electron chi connectivity index (χ3n) is 2.16. The molecule has 0 radical (unpaired) electrons. The van der Waals surface area contributed by atoms with Gasteiger partial charge in [-0.05, 0) is 6.42 Å². The quantitative estimate of drug-likeness (QED) is 0.446. The number of nitrogens with one attached hydrogen (secondary N) is 3. The van der Waals surface area contributed by atoms with Crippen LogP contribution in [0.15, 0.2) is 15.7 Å². The van der Waals surface area contributed by atoms with E-state index in [1.807, 2.05) is 4.98 Å². The predicted molar refractivity (Wildman–Crippen MR) is 51.5 cm³/mol. The first-order valence-electron chi connectivity index (χ1n) is 4.46. The van der Waals surface area contributed by atoms with Gasteiger partial charge in [0.15, 0.2) is 0 Å². The van der Waals surface area contributed by atoms with Gasteiger partial charge in [-0.1, -0.05) is 0 Å². The third-order valence-corrected chi connectivity index (χ3v) is 2.16. The number of H-pyrrole nitrogens is 2. The molecule has 0 saturated heterocycles. The molecule has 7 heteroatoms. The van der Waals surface area contributed by atoms with E-state index < -0.39 is 17.2 Å². The van der Waals surface area contributed by atoms with Crippen molar-refractivity contribution < 1.29 is 4.79 Å². The summed E-state index contributed by atoms with van der Waals surface area (Å²) >= 11 is 0. The van der Waals surface area contributed by atoms with Crippen molar-refractivity contribution >= 4 is 5.91 Å². The second-order valence-electron chi connectivity index (χ2n) is 3.48. The largest absolute Gasteiger partial charge is 0.346 e. The van der Waals surface area contributed by atoms with Gasteiger partial charge in [0.25, 0.3) is 11.5 Å². The van der Waals surface area contributed by atoms with Crippen LogP contribution in [0.2, 0.25) is 0 Å². The third kappa shape index (κ3) is 2.13. The van der Waals surface area contributed by atoms with Crippen LogP contribution in [-0.2, 0) is 0 Å². The normalized spacial score (nSPS) is 23.5. The maximum Gasteiger partial charge on any atom is 0.326 e. The van der Waals surface area contributed by atoms with Gasteiger partial charge in [0, 0.05) is 18.2 Å². The van der Waals surface area contributed by atoms with Crippen molar-refractivity contribution in [2.45, 2.75) is 18.5 Å². The van der Waals surface area contributed by atoms with Crippen molar-refractivity contribution in [1.82, 2.24) is 15.3 Å². The molecular formula is C8H10N4O3. The first kappa shape index (κ1) is 9.66. The minimum atomic E-state index is -0.701. The van der Waals surface area contributed by atoms with Gasteiger partial charge in [-0.3, -0.25) is 14.6 Å². The van der Waals surface area contributed by atoms with E-state index in [2.05, 4.69) is 10.3 Å². The number of rotatable bonds is 2. The molecule has 7 nitrogen and oxygen atoms in total. The molecule has 0 aliphatic heterocycles. The zero-order chi connectivity index (χ0) is 11.0. The van der Waals surface area contributed by atoms with Crippen LogP contribution in [0.25, 0.3) is 0 Å². The van der Waals surface area contributed by atoms with Crippen LogP contribution in [0.4, 0.5) is 0 Å². The Morgan fingerprint density at radius 3 is 2.67 bits per heavy atom. The molecule has 2 unspecified atom stereocenters. The summed E-state index contributed by atoms with van der Waals surface area (Å²) in [4.78, 5) is 37.4. The fourth-order valence-corrected chi connectivity index (χ4v) is 1.22. The van der Waals surface area contributed by atoms with Crippen molar-refractivity contribution in [2.24, 2.45) is 5.73 Å². The zero-order valence-corrected chi connectivity index (χ0v) is 7.74. The molecule has 1 amide bonds. The first-order valence-corrected chi connectivity index (χ1v) is 4.46. The lowest BCUT2D eigenvalue weighted by Crippen LogP contribution is -2.34. The highest BCUT2D eigenvalue weighted by Gasteiger charge is 2.35. The molecule has 5 N–H and O–H groups in total. The highest BCUT2D eigenvalue weighted by Crippen LogP contribution is 2.17. The van der Waals surface area contributed by atoms with Crippen LogP contribution < -0.4 is 22.3 Å². The Labute approximate surface area is 83.7 Å². The number of amides is 1. The van der Waals surface area contributed by atoms with Crippen LogP contribution in [0, 0.1) is 0 Å². The number of nitrogens with two attached hydrogens (primary N) is 1. The molecule has 1 aromatic rings. The lowest BCUT2D eigenvalue weighted by Gasteiger charge is -2.01. The molecule has 1 aliphatic rings. The van der Waals surface area contributed by atoms with Crippen LogP contribution in [0.1, 0.15) is 16.9 Å². The van der Waals surface area contributed by atoms with E-state index >= 15 is 0 Å². The first-order chi connectivity index (χ1) is 7.06. The summed E-state index contributed by atoms with van der Waals surface area (Å²) in [5, 5.41) is 2.59. The van der Waals surface area contributed by atoms with Crippen molar-refractivity contribution in [3.8, 4) is 0 Å². The monoisotopic (exact) mass is 210 g/mol. The predicted octanol–water partition coefficient (Wildman–Crippen LogP) is -2.11. The summed E-state index contributed by atoms with van der Waals surface area (Å²) in [5.74, 6) is -0.490. The molecular weight excluding hydrogens is 200 g/mol. The summed E-state index contributed by atoms with van der Waals surface area (Å²) in [5.41, 5.74) is 4.14. The van der Waals surface area contributed by atoms with E-state index in [1.165, 1.54) is 0 Å². The van der Waals surface area contributed by atoms with Gasteiger partial charge in [0.2, 0.25) is 0 Å². The molecule has 80 valence electrons. The zero-order valence-electron chi connectivity index (χ0n) is 7.74. The molecule has 0 spiro atoms. The molecule has 1 aromatic heterocycles. The summed E-state index contributed by atoms with van der Waals surface area (Å²) in [6, 6.07) is 0.952. The van der Waals surface area contributed by atoms with Gasteiger partial charge >= 0.3 is 5.69 Å². The van der Waals surface area contributed by atoms with Crippen LogP contribution >= 0.6 is 0 Å². The molecule has 0 aromatic carbocycles. The van der Waals surface area contributed by atoms with E-state index in [4.69, 9.17) is 5.73 Å². The smallest absolute Gasteiger partial charge is 0.326 e. The van der Waals surface area contributed by atoms with E-state index in [0.717, 1.165) is 12.5 Å². The van der Waals surface area contributed by atoms with E-state index in [1.54, 1.807) is 0 Å². The Morgan fingerprint density at radius 2 is 2.13 bits per heavy atom. The molecule has 2 rings (SSSR count). The average molecular weight is 210 g/mol. The van der Waals surface area contributed by atoms with Crippen LogP contribution in [0.5, 0.6) is 0 Å². The second kappa shape index (κ2) is 3.35. The minimum absolute atomic E-state index is 0.0253. The number of hydrogen-bond donors (Lipinski definition) is 4. The molecule has 1 fully saturated rings. The van der Waals surface area contributed by atoms with E-state index in [9.17, 15) is 14.4 Å². The Balaban J connectivity index is 2.18. The lowest BCUT2D eigenvalue weighted by molar-refractivity contribution is 0.0944. The molecule has 1 heterocycles. The van der Waals surface area contributed by atoms with Gasteiger partial charge in [-0.15, -0.1) is 0 Å². The van der Waals surface area contributed by atoms with Crippen LogP contribution in [0.3, 0.4) is 0 Å². The van der Waals surface area contributed by atoms with Crippen molar-refractivity contribution in [3.63, 3.8) is 0 Å². The summed E-state index contributed by atoms with van der Waals surface area (Å²) in [6.07, 6.45) is 0.721. The SMILES string of the molecule is NC1CC1NC(=O)c1cc(=O)[nH]c(=O)[nH]1. The van der Waals surface area contributed by atoms with Gasteiger partial charge < -0.3 is 16.0 Å². The van der Waals surface area contributed by atoms with Gasteiger partial charge in [0.05, 0.1) is 0 Å². The topological polar surface area (TPSA) is 121 Å². The molecule has 1 aliphatic carbocycles. The molecule has 0 bridgehead atoms. The Kier molecular flexibility index (Phi) is 2.16. The van der Waals surface area contributed by atoms with Crippen LogP contribution in [-0.4, -0.2) is 28.0 Å². The van der Waals surface area contributed by atoms with Crippen molar-refractivity contribution in [2.75, 3.05) is 0 Å². The fourth-order valence-electron chi connectivity index (χ4n) is 1.22. The van der Waals surface area contributed by atoms with E-state index in [-0.39, 0.29) is 17.8 Å². The number of hydrogen-bond acceptors (Lipinski definition) is 4.